The SMILES string of the molecule is O=C(NC(Cn1ccnc1)c1ccccc1)c1cccc(-n2cccn2)c1. The molecule has 0 aliphatic rings. The van der Waals surface area contributed by atoms with E-state index in [2.05, 4.69) is 15.4 Å². The summed E-state index contributed by atoms with van der Waals surface area (Å²) < 4.78 is 3.69. The second-order valence-electron chi connectivity index (χ2n) is 6.20. The number of carbonyl (C=O) groups is 1. The number of nitrogens with one attached hydrogen (secondary N) is 1. The molecule has 6 heteroatoms. The molecule has 1 unspecified atom stereocenters. The Balaban J connectivity index is 1.57. The molecule has 134 valence electrons. The fourth-order valence-electron chi connectivity index (χ4n) is 2.98. The summed E-state index contributed by atoms with van der Waals surface area (Å²) in [5.41, 5.74) is 2.48. The lowest BCUT2D eigenvalue weighted by Crippen LogP contribution is -2.31. The molecule has 6 nitrogen and oxygen atoms in total. The second kappa shape index (κ2) is 7.70. The van der Waals surface area contributed by atoms with Crippen molar-refractivity contribution in [3.05, 3.63) is 103 Å². The summed E-state index contributed by atoms with van der Waals surface area (Å²) in [6.45, 7) is 0.606. The molecule has 0 spiro atoms. The van der Waals surface area contributed by atoms with Crippen LogP contribution in [0.4, 0.5) is 0 Å². The lowest BCUT2D eigenvalue weighted by atomic mass is 10.1. The van der Waals surface area contributed by atoms with Gasteiger partial charge in [-0.2, -0.15) is 5.10 Å². The Kier molecular flexibility index (Phi) is 4.78. The summed E-state index contributed by atoms with van der Waals surface area (Å²) in [4.78, 5) is 17.0. The Hall–Kier alpha value is -3.67. The molecule has 1 N–H and O–H groups in total. The normalized spacial score (nSPS) is 11.9. The Labute approximate surface area is 157 Å². The van der Waals surface area contributed by atoms with Crippen LogP contribution in [0.2, 0.25) is 0 Å². The van der Waals surface area contributed by atoms with Gasteiger partial charge in [0.1, 0.15) is 0 Å². The van der Waals surface area contributed by atoms with Gasteiger partial charge in [0.15, 0.2) is 0 Å². The van der Waals surface area contributed by atoms with Crippen LogP contribution < -0.4 is 5.32 Å². The lowest BCUT2D eigenvalue weighted by Gasteiger charge is -2.20. The van der Waals surface area contributed by atoms with Crippen molar-refractivity contribution in [3.63, 3.8) is 0 Å². The first-order valence-electron chi connectivity index (χ1n) is 8.71. The van der Waals surface area contributed by atoms with E-state index >= 15 is 0 Å². The van der Waals surface area contributed by atoms with E-state index in [9.17, 15) is 4.79 Å². The summed E-state index contributed by atoms with van der Waals surface area (Å²) in [6, 6.07) is 19.1. The third kappa shape index (κ3) is 3.95. The summed E-state index contributed by atoms with van der Waals surface area (Å²) >= 11 is 0. The van der Waals surface area contributed by atoms with Crippen LogP contribution in [0.3, 0.4) is 0 Å². The van der Waals surface area contributed by atoms with E-state index in [0.717, 1.165) is 11.3 Å². The minimum Gasteiger partial charge on any atom is -0.343 e. The molecule has 0 aliphatic carbocycles. The minimum absolute atomic E-state index is 0.127. The molecule has 4 rings (SSSR count). The molecule has 4 aromatic rings. The zero-order chi connectivity index (χ0) is 18.5. The van der Waals surface area contributed by atoms with Gasteiger partial charge in [-0.1, -0.05) is 36.4 Å². The maximum atomic E-state index is 12.9. The number of amides is 1. The van der Waals surface area contributed by atoms with E-state index in [4.69, 9.17) is 0 Å². The van der Waals surface area contributed by atoms with Crippen LogP contribution in [-0.4, -0.2) is 25.2 Å². The topological polar surface area (TPSA) is 64.7 Å². The van der Waals surface area contributed by atoms with E-state index in [1.165, 1.54) is 0 Å². The van der Waals surface area contributed by atoms with Crippen molar-refractivity contribution in [2.75, 3.05) is 0 Å². The smallest absolute Gasteiger partial charge is 0.251 e. The molecule has 27 heavy (non-hydrogen) atoms. The van der Waals surface area contributed by atoms with Crippen molar-refractivity contribution in [2.45, 2.75) is 12.6 Å². The Bertz CT molecular complexity index is 994. The van der Waals surface area contributed by atoms with Crippen molar-refractivity contribution in [1.82, 2.24) is 24.6 Å². The maximum Gasteiger partial charge on any atom is 0.251 e. The molecule has 0 aliphatic heterocycles. The first kappa shape index (κ1) is 16.8. The van der Waals surface area contributed by atoms with E-state index in [-0.39, 0.29) is 11.9 Å². The highest BCUT2D eigenvalue weighted by atomic mass is 16.1. The molecule has 2 heterocycles. The standard InChI is InChI=1S/C21H19N5O/c27-21(18-8-4-9-19(14-18)26-12-5-10-23-26)24-20(15-25-13-11-22-16-25)17-6-2-1-3-7-17/h1-14,16,20H,15H2,(H,24,27). The van der Waals surface area contributed by atoms with Crippen LogP contribution in [0.15, 0.2) is 91.8 Å². The lowest BCUT2D eigenvalue weighted by molar-refractivity contribution is 0.0932. The van der Waals surface area contributed by atoms with Gasteiger partial charge in [-0.25, -0.2) is 9.67 Å². The van der Waals surface area contributed by atoms with Crippen LogP contribution in [-0.2, 0) is 6.54 Å². The summed E-state index contributed by atoms with van der Waals surface area (Å²) in [5.74, 6) is -0.127. The molecule has 0 bridgehead atoms. The van der Waals surface area contributed by atoms with Crippen molar-refractivity contribution in [1.29, 1.82) is 0 Å². The van der Waals surface area contributed by atoms with Gasteiger partial charge in [0, 0.05) is 36.9 Å². The van der Waals surface area contributed by atoms with Gasteiger partial charge in [0.2, 0.25) is 0 Å². The highest BCUT2D eigenvalue weighted by Crippen LogP contribution is 2.17. The van der Waals surface area contributed by atoms with E-state index in [1.807, 2.05) is 77.6 Å². The average Bonchev–Trinajstić information content (AvgIpc) is 3.42. The van der Waals surface area contributed by atoms with Crippen molar-refractivity contribution < 1.29 is 4.79 Å². The maximum absolute atomic E-state index is 12.9. The first-order valence-corrected chi connectivity index (χ1v) is 8.71. The van der Waals surface area contributed by atoms with Crippen molar-refractivity contribution >= 4 is 5.91 Å². The van der Waals surface area contributed by atoms with Gasteiger partial charge in [0.25, 0.3) is 5.91 Å². The van der Waals surface area contributed by atoms with Crippen molar-refractivity contribution in [3.8, 4) is 5.69 Å². The van der Waals surface area contributed by atoms with Crippen LogP contribution in [0.1, 0.15) is 22.0 Å². The van der Waals surface area contributed by atoms with Gasteiger partial charge < -0.3 is 9.88 Å². The summed E-state index contributed by atoms with van der Waals surface area (Å²) in [6.07, 6.45) is 8.93. The molecule has 0 saturated heterocycles. The Morgan fingerprint density at radius 3 is 2.63 bits per heavy atom. The predicted octanol–water partition coefficient (Wildman–Crippen LogP) is 3.24. The minimum atomic E-state index is -0.166. The number of nitrogens with zero attached hydrogens (tertiary/aromatic N) is 4. The highest BCUT2D eigenvalue weighted by Gasteiger charge is 2.16. The van der Waals surface area contributed by atoms with Crippen LogP contribution in [0.5, 0.6) is 0 Å². The van der Waals surface area contributed by atoms with Gasteiger partial charge in [0.05, 0.1) is 18.1 Å². The molecule has 1 amide bonds. The number of imidazole rings is 1. The monoisotopic (exact) mass is 357 g/mol. The Morgan fingerprint density at radius 1 is 1.00 bits per heavy atom. The van der Waals surface area contributed by atoms with Crippen LogP contribution >= 0.6 is 0 Å². The molecular weight excluding hydrogens is 338 g/mol. The first-order chi connectivity index (χ1) is 13.3. The molecule has 2 aromatic carbocycles. The van der Waals surface area contributed by atoms with Crippen LogP contribution in [0.25, 0.3) is 5.69 Å². The van der Waals surface area contributed by atoms with Crippen molar-refractivity contribution in [2.24, 2.45) is 0 Å². The molecular formula is C21H19N5O. The van der Waals surface area contributed by atoms with E-state index < -0.39 is 0 Å². The predicted molar refractivity (Wildman–Crippen MR) is 102 cm³/mol. The quantitative estimate of drug-likeness (QED) is 0.576. The molecule has 0 radical (unpaired) electrons. The fourth-order valence-corrected chi connectivity index (χ4v) is 2.98. The Morgan fingerprint density at radius 2 is 1.89 bits per heavy atom. The third-order valence-corrected chi connectivity index (χ3v) is 4.34. The fraction of sp³-hybridized carbons (Fsp3) is 0.0952. The third-order valence-electron chi connectivity index (χ3n) is 4.34. The molecule has 2 aromatic heterocycles. The number of benzene rings is 2. The molecule has 0 fully saturated rings. The summed E-state index contributed by atoms with van der Waals surface area (Å²) in [7, 11) is 0. The highest BCUT2D eigenvalue weighted by molar-refractivity contribution is 5.95. The largest absolute Gasteiger partial charge is 0.343 e. The number of hydrogen-bond donors (Lipinski definition) is 1. The van der Waals surface area contributed by atoms with E-state index in [0.29, 0.717) is 12.1 Å². The molecule has 1 atom stereocenters. The number of hydrogen-bond acceptors (Lipinski definition) is 3. The number of rotatable bonds is 6. The second-order valence-corrected chi connectivity index (χ2v) is 6.20. The zero-order valence-corrected chi connectivity index (χ0v) is 14.6. The number of aromatic nitrogens is 4. The van der Waals surface area contributed by atoms with E-state index in [1.54, 1.807) is 23.4 Å². The van der Waals surface area contributed by atoms with Gasteiger partial charge in [-0.05, 0) is 29.8 Å². The number of carbonyl (C=O) groups excluding carboxylic acids is 1. The van der Waals surface area contributed by atoms with Gasteiger partial charge in [-0.15, -0.1) is 0 Å². The average molecular weight is 357 g/mol. The van der Waals surface area contributed by atoms with Gasteiger partial charge >= 0.3 is 0 Å². The molecule has 0 saturated carbocycles. The summed E-state index contributed by atoms with van der Waals surface area (Å²) in [5, 5.41) is 7.36. The van der Waals surface area contributed by atoms with Crippen LogP contribution in [0, 0.1) is 0 Å². The van der Waals surface area contributed by atoms with Gasteiger partial charge in [-0.3, -0.25) is 4.79 Å². The zero-order valence-electron chi connectivity index (χ0n) is 14.6.